The van der Waals surface area contributed by atoms with Gasteiger partial charge >= 0.3 is 0 Å². The molecule has 1 atom stereocenters. The molecule has 13 heavy (non-hydrogen) atoms. The third kappa shape index (κ3) is 7.38. The number of hydrogen-bond acceptors (Lipinski definition) is 2. The molecule has 0 amide bonds. The zero-order valence-electron chi connectivity index (χ0n) is 9.33. The lowest BCUT2D eigenvalue weighted by Crippen LogP contribution is -2.17. The minimum Gasteiger partial charge on any atom is -0.312 e. The summed E-state index contributed by atoms with van der Waals surface area (Å²) in [7, 11) is 0. The minimum atomic E-state index is 0.0162. The molecule has 0 aliphatic carbocycles. The van der Waals surface area contributed by atoms with Crippen molar-refractivity contribution in [1.29, 1.82) is 0 Å². The normalized spacial score (nSPS) is 13.8. The summed E-state index contributed by atoms with van der Waals surface area (Å²) in [6, 6.07) is 0.0162. The van der Waals surface area contributed by atoms with Crippen molar-refractivity contribution in [3.63, 3.8) is 0 Å². The van der Waals surface area contributed by atoms with Crippen molar-refractivity contribution in [2.75, 3.05) is 0 Å². The Morgan fingerprint density at radius 2 is 1.85 bits per heavy atom. The van der Waals surface area contributed by atoms with Crippen LogP contribution in [-0.4, -0.2) is 12.3 Å². The van der Waals surface area contributed by atoms with Crippen molar-refractivity contribution in [3.8, 4) is 0 Å². The molecule has 0 saturated heterocycles. The Labute approximate surface area is 82.3 Å². The highest BCUT2D eigenvalue weighted by Gasteiger charge is 2.08. The summed E-state index contributed by atoms with van der Waals surface area (Å²) < 4.78 is 0. The third-order valence-corrected chi connectivity index (χ3v) is 1.10. The van der Waals surface area contributed by atoms with Gasteiger partial charge in [-0.15, -0.1) is 0 Å². The highest BCUT2D eigenvalue weighted by Crippen LogP contribution is 2.03. The molecule has 1 rings (SSSR count). The second kappa shape index (κ2) is 11.0. The zero-order valence-corrected chi connectivity index (χ0v) is 9.33. The fourth-order valence-electron chi connectivity index (χ4n) is 0.592. The van der Waals surface area contributed by atoms with Crippen LogP contribution in [0.3, 0.4) is 0 Å². The molecule has 0 saturated carbocycles. The summed E-state index contributed by atoms with van der Waals surface area (Å²) >= 11 is 0. The van der Waals surface area contributed by atoms with Gasteiger partial charge in [-0.3, -0.25) is 0 Å². The first-order valence-corrected chi connectivity index (χ1v) is 4.89. The maximum absolute atomic E-state index is 5.53. The molecule has 0 aromatic heterocycles. The van der Waals surface area contributed by atoms with Crippen LogP contribution in [-0.2, 0) is 0 Å². The number of rotatable bonds is 1. The highest BCUT2D eigenvalue weighted by atomic mass is 14.8. The lowest BCUT2D eigenvalue weighted by Gasteiger charge is -1.96. The average molecular weight is 181 g/mol. The molecule has 0 spiro atoms. The monoisotopic (exact) mass is 181 g/mol. The number of aliphatic imine (C=N–C) groups is 1. The Morgan fingerprint density at radius 3 is 2.08 bits per heavy atom. The molecule has 74 valence electrons. The van der Waals surface area contributed by atoms with Crippen LogP contribution in [0.15, 0.2) is 28.9 Å². The van der Waals surface area contributed by atoms with Crippen molar-refractivity contribution in [2.24, 2.45) is 10.7 Å². The van der Waals surface area contributed by atoms with E-state index in [0.29, 0.717) is 0 Å². The summed E-state index contributed by atoms with van der Waals surface area (Å²) in [5, 5.41) is 0. The molecule has 2 N–H and O–H groups in total. The van der Waals surface area contributed by atoms with E-state index >= 15 is 0 Å². The van der Waals surface area contributed by atoms with Gasteiger partial charge in [-0.1, -0.05) is 32.7 Å². The van der Waals surface area contributed by atoms with Gasteiger partial charge in [0.1, 0.15) is 6.08 Å². The largest absolute Gasteiger partial charge is 0.312 e. The van der Waals surface area contributed by atoms with Gasteiger partial charge in [-0.25, -0.2) is 0 Å². The second-order valence-corrected chi connectivity index (χ2v) is 1.98. The van der Waals surface area contributed by atoms with Gasteiger partial charge in [0.15, 0.2) is 11.9 Å². The minimum absolute atomic E-state index is 0.0162. The summed E-state index contributed by atoms with van der Waals surface area (Å²) in [5.41, 5.74) is 6.42. The maximum Gasteiger partial charge on any atom is 0.172 e. The van der Waals surface area contributed by atoms with Gasteiger partial charge in [-0.2, -0.15) is 0 Å². The van der Waals surface area contributed by atoms with E-state index in [-0.39, 0.29) is 6.04 Å². The predicted molar refractivity (Wildman–Crippen MR) is 61.0 cm³/mol. The number of allylic oxidation sites excluding steroid dienone is 3. The molecule has 0 radical (unpaired) electrons. The smallest absolute Gasteiger partial charge is 0.172 e. The molecule has 1 heterocycles. The molecule has 2 nitrogen and oxygen atoms in total. The summed E-state index contributed by atoms with van der Waals surface area (Å²) in [6.45, 7) is 9.90. The third-order valence-electron chi connectivity index (χ3n) is 1.10. The van der Waals surface area contributed by atoms with Gasteiger partial charge in [0.2, 0.25) is 0 Å². The predicted octanol–water partition coefficient (Wildman–Crippen LogP) is 2.79. The van der Waals surface area contributed by atoms with Crippen molar-refractivity contribution in [1.82, 2.24) is 0 Å². The summed E-state index contributed by atoms with van der Waals surface area (Å²) in [5.74, 6) is 0. The van der Waals surface area contributed by atoms with Gasteiger partial charge in [0, 0.05) is 0 Å². The highest BCUT2D eigenvalue weighted by molar-refractivity contribution is 5.74. The van der Waals surface area contributed by atoms with E-state index in [2.05, 4.69) is 11.2 Å². The Morgan fingerprint density at radius 1 is 1.31 bits per heavy atom. The standard InChI is InChI=1S/C7H9N2.2C2H6/c1-6(8)7-4-2-3-5-9-7;2*1-2/h2-4,6H,8H2,1H3;2*1-2H3/q+1;;. The fraction of sp³-hybridized carbons (Fsp3) is 0.545. The van der Waals surface area contributed by atoms with E-state index in [1.54, 1.807) is 6.08 Å². The molecule has 0 aromatic carbocycles. The maximum atomic E-state index is 5.53. The molecule has 0 fully saturated rings. The fourth-order valence-corrected chi connectivity index (χ4v) is 0.592. The van der Waals surface area contributed by atoms with Crippen LogP contribution in [0.4, 0.5) is 0 Å². The van der Waals surface area contributed by atoms with E-state index in [9.17, 15) is 0 Å². The second-order valence-electron chi connectivity index (χ2n) is 1.98. The van der Waals surface area contributed by atoms with Crippen LogP contribution in [0.2, 0.25) is 0 Å². The van der Waals surface area contributed by atoms with Gasteiger partial charge in [-0.05, 0) is 6.92 Å². The number of nitrogens with zero attached hydrogens (tertiary/aromatic N) is 1. The van der Waals surface area contributed by atoms with Crippen molar-refractivity contribution in [2.45, 2.75) is 40.7 Å². The Balaban J connectivity index is 0. The van der Waals surface area contributed by atoms with Crippen molar-refractivity contribution in [3.05, 3.63) is 23.9 Å². The first-order valence-electron chi connectivity index (χ1n) is 4.89. The molecule has 1 unspecified atom stereocenters. The lowest BCUT2D eigenvalue weighted by atomic mass is 10.2. The topological polar surface area (TPSA) is 38.4 Å². The molecule has 1 aliphatic heterocycles. The Bertz CT molecular complexity index is 177. The molecule has 0 bridgehead atoms. The number of nitrogens with two attached hydrogens (primary N) is 1. The van der Waals surface area contributed by atoms with Crippen LogP contribution in [0.1, 0.15) is 34.6 Å². The van der Waals surface area contributed by atoms with Crippen LogP contribution in [0.25, 0.3) is 0 Å². The Hall–Kier alpha value is -0.980. The quantitative estimate of drug-likeness (QED) is 0.621. The molecular weight excluding hydrogens is 160 g/mol. The van der Waals surface area contributed by atoms with E-state index in [1.807, 2.05) is 46.8 Å². The molecule has 2 heteroatoms. The summed E-state index contributed by atoms with van der Waals surface area (Å²) in [6.07, 6.45) is 8.24. The van der Waals surface area contributed by atoms with Crippen molar-refractivity contribution < 1.29 is 0 Å². The Kier molecular flexibility index (Phi) is 12.3. The lowest BCUT2D eigenvalue weighted by molar-refractivity contribution is 0.848. The first kappa shape index (κ1) is 14.5. The van der Waals surface area contributed by atoms with E-state index in [4.69, 9.17) is 5.73 Å². The van der Waals surface area contributed by atoms with Gasteiger partial charge in [0.05, 0.1) is 18.2 Å². The van der Waals surface area contributed by atoms with Crippen LogP contribution >= 0.6 is 0 Å². The molecule has 0 aromatic rings. The van der Waals surface area contributed by atoms with E-state index in [0.717, 1.165) is 5.70 Å². The van der Waals surface area contributed by atoms with Gasteiger partial charge in [0.25, 0.3) is 0 Å². The molecule has 1 aliphatic rings. The van der Waals surface area contributed by atoms with Gasteiger partial charge < -0.3 is 5.73 Å². The van der Waals surface area contributed by atoms with Crippen LogP contribution < -0.4 is 5.73 Å². The zero-order chi connectivity index (χ0) is 10.7. The average Bonchev–Trinajstić information content (AvgIpc) is 2.25. The molecular formula is C11H21N2+. The van der Waals surface area contributed by atoms with E-state index in [1.165, 1.54) is 0 Å². The van der Waals surface area contributed by atoms with Crippen molar-refractivity contribution >= 4 is 6.21 Å². The van der Waals surface area contributed by atoms with Crippen LogP contribution in [0.5, 0.6) is 0 Å². The first-order chi connectivity index (χ1) is 6.30. The van der Waals surface area contributed by atoms with Crippen LogP contribution in [0, 0.1) is 0 Å². The summed E-state index contributed by atoms with van der Waals surface area (Å²) in [4.78, 5) is 3.93. The number of hydrogen-bond donors (Lipinski definition) is 1. The van der Waals surface area contributed by atoms with E-state index < -0.39 is 0 Å². The SMILES string of the molecule is CC.CC.CC(N)C1=CC=C[C+]=N1.